The van der Waals surface area contributed by atoms with Crippen LogP contribution < -0.4 is 0 Å². The zero-order chi connectivity index (χ0) is 10.7. The summed E-state index contributed by atoms with van der Waals surface area (Å²) in [4.78, 5) is 23.1. The minimum atomic E-state index is -0.874. The van der Waals surface area contributed by atoms with Crippen molar-refractivity contribution in [1.29, 1.82) is 0 Å². The highest BCUT2D eigenvalue weighted by Gasteiger charge is 2.32. The van der Waals surface area contributed by atoms with Crippen LogP contribution in [0.25, 0.3) is 0 Å². The van der Waals surface area contributed by atoms with E-state index in [4.69, 9.17) is 10.2 Å². The predicted molar refractivity (Wildman–Crippen MR) is 49.0 cm³/mol. The number of likely N-dealkylation sites (tertiary alicyclic amines) is 1. The highest BCUT2D eigenvalue weighted by Crippen LogP contribution is 2.18. The Balaban J connectivity index is 2.51. The van der Waals surface area contributed by atoms with Crippen molar-refractivity contribution in [2.75, 3.05) is 13.1 Å². The predicted octanol–water partition coefficient (Wildman–Crippen LogP) is 0.256. The van der Waals surface area contributed by atoms with E-state index in [1.807, 2.05) is 0 Å². The van der Waals surface area contributed by atoms with Crippen LogP contribution in [0.15, 0.2) is 0 Å². The molecule has 0 amide bonds. The molecule has 1 aliphatic rings. The summed E-state index contributed by atoms with van der Waals surface area (Å²) in [5.74, 6) is -2.23. The van der Waals surface area contributed by atoms with Gasteiger partial charge >= 0.3 is 11.9 Å². The van der Waals surface area contributed by atoms with Gasteiger partial charge in [-0.25, -0.2) is 0 Å². The number of hydrogen-bond acceptors (Lipinski definition) is 3. The van der Waals surface area contributed by atoms with Crippen LogP contribution in [-0.4, -0.2) is 46.2 Å². The molecular weight excluding hydrogens is 186 g/mol. The van der Waals surface area contributed by atoms with Gasteiger partial charge in [0, 0.05) is 6.54 Å². The van der Waals surface area contributed by atoms with E-state index in [0.29, 0.717) is 19.5 Å². The number of nitrogens with zero attached hydrogens (tertiary/aromatic N) is 1. The summed E-state index contributed by atoms with van der Waals surface area (Å²) in [7, 11) is 0. The Morgan fingerprint density at radius 3 is 2.64 bits per heavy atom. The average Bonchev–Trinajstić information content (AvgIpc) is 2.52. The molecule has 0 aliphatic carbocycles. The van der Waals surface area contributed by atoms with Gasteiger partial charge in [-0.05, 0) is 19.4 Å². The van der Waals surface area contributed by atoms with Crippen molar-refractivity contribution >= 4 is 11.9 Å². The number of rotatable bonds is 4. The number of aliphatic carboxylic acids is 2. The molecule has 0 aromatic heterocycles. The second-order valence-corrected chi connectivity index (χ2v) is 3.73. The number of carbonyl (C=O) groups is 2. The van der Waals surface area contributed by atoms with Gasteiger partial charge in [-0.2, -0.15) is 0 Å². The quantitative estimate of drug-likeness (QED) is 0.682. The standard InChI is InChI=1S/C9H15NO4/c1-6(8(11)12)5-10-4-2-3-7(10)9(13)14/h6-7H,2-5H2,1H3,(H,11,12)(H,13,14). The summed E-state index contributed by atoms with van der Waals surface area (Å²) in [5.41, 5.74) is 0. The monoisotopic (exact) mass is 201 g/mol. The molecule has 0 aromatic carbocycles. The maximum Gasteiger partial charge on any atom is 0.320 e. The van der Waals surface area contributed by atoms with E-state index < -0.39 is 23.9 Å². The molecule has 2 unspecified atom stereocenters. The van der Waals surface area contributed by atoms with E-state index in [0.717, 1.165) is 6.42 Å². The third kappa shape index (κ3) is 2.45. The van der Waals surface area contributed by atoms with E-state index in [1.165, 1.54) is 0 Å². The van der Waals surface area contributed by atoms with Crippen LogP contribution >= 0.6 is 0 Å². The molecule has 5 heteroatoms. The molecule has 0 spiro atoms. The Hall–Kier alpha value is -1.10. The second-order valence-electron chi connectivity index (χ2n) is 3.73. The summed E-state index contributed by atoms with van der Waals surface area (Å²) in [5, 5.41) is 17.5. The molecule has 0 radical (unpaired) electrons. The van der Waals surface area contributed by atoms with Crippen LogP contribution in [-0.2, 0) is 9.59 Å². The molecule has 14 heavy (non-hydrogen) atoms. The maximum atomic E-state index is 10.8. The molecule has 0 saturated carbocycles. The Kier molecular flexibility index (Phi) is 3.46. The van der Waals surface area contributed by atoms with Crippen molar-refractivity contribution in [2.45, 2.75) is 25.8 Å². The maximum absolute atomic E-state index is 10.8. The summed E-state index contributed by atoms with van der Waals surface area (Å²) >= 11 is 0. The summed E-state index contributed by atoms with van der Waals surface area (Å²) < 4.78 is 0. The van der Waals surface area contributed by atoms with Crippen molar-refractivity contribution in [2.24, 2.45) is 5.92 Å². The summed E-state index contributed by atoms with van der Waals surface area (Å²) in [6.07, 6.45) is 1.46. The Morgan fingerprint density at radius 2 is 2.14 bits per heavy atom. The SMILES string of the molecule is CC(CN1CCCC1C(=O)O)C(=O)O. The molecule has 5 nitrogen and oxygen atoms in total. The molecule has 1 heterocycles. The van der Waals surface area contributed by atoms with E-state index in [1.54, 1.807) is 11.8 Å². The molecule has 1 saturated heterocycles. The Bertz CT molecular complexity index is 241. The molecule has 80 valence electrons. The van der Waals surface area contributed by atoms with Gasteiger partial charge in [-0.1, -0.05) is 6.92 Å². The number of hydrogen-bond donors (Lipinski definition) is 2. The van der Waals surface area contributed by atoms with Crippen LogP contribution in [0.4, 0.5) is 0 Å². The molecule has 0 bridgehead atoms. The fourth-order valence-corrected chi connectivity index (χ4v) is 1.75. The summed E-state index contributed by atoms with van der Waals surface area (Å²) in [6.45, 7) is 2.61. The van der Waals surface area contributed by atoms with Gasteiger partial charge in [-0.15, -0.1) is 0 Å². The van der Waals surface area contributed by atoms with Crippen molar-refractivity contribution in [1.82, 2.24) is 4.90 Å². The van der Waals surface area contributed by atoms with Gasteiger partial charge in [0.25, 0.3) is 0 Å². The highest BCUT2D eigenvalue weighted by atomic mass is 16.4. The topological polar surface area (TPSA) is 77.8 Å². The van der Waals surface area contributed by atoms with Crippen LogP contribution in [0.5, 0.6) is 0 Å². The zero-order valence-electron chi connectivity index (χ0n) is 8.14. The minimum absolute atomic E-state index is 0.326. The minimum Gasteiger partial charge on any atom is -0.481 e. The van der Waals surface area contributed by atoms with Crippen LogP contribution in [0.1, 0.15) is 19.8 Å². The largest absolute Gasteiger partial charge is 0.481 e. The Morgan fingerprint density at radius 1 is 1.50 bits per heavy atom. The van der Waals surface area contributed by atoms with Gasteiger partial charge in [0.2, 0.25) is 0 Å². The van der Waals surface area contributed by atoms with Gasteiger partial charge in [0.15, 0.2) is 0 Å². The lowest BCUT2D eigenvalue weighted by Crippen LogP contribution is -2.40. The lowest BCUT2D eigenvalue weighted by Gasteiger charge is -2.22. The molecule has 1 fully saturated rings. The van der Waals surface area contributed by atoms with Crippen LogP contribution in [0.3, 0.4) is 0 Å². The normalized spacial score (nSPS) is 24.8. The fourth-order valence-electron chi connectivity index (χ4n) is 1.75. The second kappa shape index (κ2) is 4.41. The first-order valence-electron chi connectivity index (χ1n) is 4.72. The van der Waals surface area contributed by atoms with E-state index >= 15 is 0 Å². The molecule has 2 N–H and O–H groups in total. The van der Waals surface area contributed by atoms with Gasteiger partial charge in [-0.3, -0.25) is 14.5 Å². The third-order valence-electron chi connectivity index (χ3n) is 2.58. The van der Waals surface area contributed by atoms with Crippen LogP contribution in [0, 0.1) is 5.92 Å². The number of carboxylic acid groups (broad SMARTS) is 2. The van der Waals surface area contributed by atoms with Gasteiger partial charge < -0.3 is 10.2 Å². The van der Waals surface area contributed by atoms with Crippen molar-refractivity contribution in [3.05, 3.63) is 0 Å². The lowest BCUT2D eigenvalue weighted by atomic mass is 10.1. The van der Waals surface area contributed by atoms with Crippen molar-refractivity contribution in [3.63, 3.8) is 0 Å². The highest BCUT2D eigenvalue weighted by molar-refractivity contribution is 5.74. The van der Waals surface area contributed by atoms with Crippen LogP contribution in [0.2, 0.25) is 0 Å². The van der Waals surface area contributed by atoms with E-state index in [9.17, 15) is 9.59 Å². The van der Waals surface area contributed by atoms with Crippen molar-refractivity contribution in [3.8, 4) is 0 Å². The first-order valence-corrected chi connectivity index (χ1v) is 4.72. The number of carboxylic acids is 2. The van der Waals surface area contributed by atoms with Gasteiger partial charge in [0.05, 0.1) is 5.92 Å². The molecule has 0 aromatic rings. The van der Waals surface area contributed by atoms with Gasteiger partial charge in [0.1, 0.15) is 6.04 Å². The Labute approximate surface area is 82.3 Å². The zero-order valence-corrected chi connectivity index (χ0v) is 8.14. The van der Waals surface area contributed by atoms with E-state index in [-0.39, 0.29) is 0 Å². The lowest BCUT2D eigenvalue weighted by molar-refractivity contribution is -0.146. The molecular formula is C9H15NO4. The first kappa shape index (κ1) is 11.0. The fraction of sp³-hybridized carbons (Fsp3) is 0.778. The molecule has 1 rings (SSSR count). The third-order valence-corrected chi connectivity index (χ3v) is 2.58. The average molecular weight is 201 g/mol. The smallest absolute Gasteiger partial charge is 0.320 e. The van der Waals surface area contributed by atoms with Crippen molar-refractivity contribution < 1.29 is 19.8 Å². The first-order chi connectivity index (χ1) is 6.52. The molecule has 1 aliphatic heterocycles. The molecule has 2 atom stereocenters. The van der Waals surface area contributed by atoms with E-state index in [2.05, 4.69) is 0 Å². The summed E-state index contributed by atoms with van der Waals surface area (Å²) in [6, 6.07) is -0.489.